The Morgan fingerprint density at radius 3 is 2.79 bits per heavy atom. The van der Waals surface area contributed by atoms with Gasteiger partial charge in [0.15, 0.2) is 0 Å². The molecule has 1 amide bonds. The maximum absolute atomic E-state index is 12.6. The number of benzene rings is 1. The van der Waals surface area contributed by atoms with Gasteiger partial charge in [-0.15, -0.1) is 12.4 Å². The van der Waals surface area contributed by atoms with E-state index in [1.54, 1.807) is 0 Å². The van der Waals surface area contributed by atoms with E-state index in [9.17, 15) is 4.79 Å². The molecule has 0 saturated carbocycles. The zero-order chi connectivity index (χ0) is 19.2. The van der Waals surface area contributed by atoms with Crippen LogP contribution in [0.3, 0.4) is 0 Å². The van der Waals surface area contributed by atoms with E-state index in [1.807, 2.05) is 16.9 Å². The summed E-state index contributed by atoms with van der Waals surface area (Å²) in [5.74, 6) is -0.0623. The minimum atomic E-state index is -0.0623. The van der Waals surface area contributed by atoms with Gasteiger partial charge >= 0.3 is 0 Å². The number of hydrogen-bond donors (Lipinski definition) is 2. The molecule has 1 aromatic heterocycles. The van der Waals surface area contributed by atoms with E-state index in [2.05, 4.69) is 51.0 Å². The van der Waals surface area contributed by atoms with Crippen molar-refractivity contribution in [3.63, 3.8) is 0 Å². The number of hydrogen-bond acceptors (Lipinski definition) is 4. The number of halogens is 1. The molecule has 2 aromatic rings. The summed E-state index contributed by atoms with van der Waals surface area (Å²) >= 11 is 0. The lowest BCUT2D eigenvalue weighted by Gasteiger charge is -2.35. The standard InChI is InChI=1S/C22H31N5O.ClH/c28-22(21-11-14-27(25-21)20-10-6-12-23-15-20)24-16-19-9-4-5-13-26(19)17-18-7-2-1-3-8-18;/h1-3,7-8,11,14,19-20,23H,4-6,9-10,12-13,15-17H2,(H,24,28);1H. The van der Waals surface area contributed by atoms with E-state index in [0.717, 1.165) is 45.4 Å². The van der Waals surface area contributed by atoms with Crippen molar-refractivity contribution in [1.82, 2.24) is 25.3 Å². The van der Waals surface area contributed by atoms with Crippen LogP contribution < -0.4 is 10.6 Å². The summed E-state index contributed by atoms with van der Waals surface area (Å²) in [6.07, 6.45) is 7.81. The van der Waals surface area contributed by atoms with Gasteiger partial charge in [-0.3, -0.25) is 14.4 Å². The number of amides is 1. The summed E-state index contributed by atoms with van der Waals surface area (Å²) in [4.78, 5) is 15.1. The highest BCUT2D eigenvalue weighted by atomic mass is 35.5. The fraction of sp³-hybridized carbons (Fsp3) is 0.545. The number of carbonyl (C=O) groups is 1. The van der Waals surface area contributed by atoms with Gasteiger partial charge in [0.2, 0.25) is 0 Å². The Morgan fingerprint density at radius 1 is 1.14 bits per heavy atom. The van der Waals surface area contributed by atoms with Crippen LogP contribution in [0.4, 0.5) is 0 Å². The monoisotopic (exact) mass is 417 g/mol. The molecule has 3 heterocycles. The smallest absolute Gasteiger partial charge is 0.271 e. The van der Waals surface area contributed by atoms with Crippen LogP contribution in [0.25, 0.3) is 0 Å². The second-order valence-corrected chi connectivity index (χ2v) is 8.00. The van der Waals surface area contributed by atoms with Crippen molar-refractivity contribution in [3.8, 4) is 0 Å². The lowest BCUT2D eigenvalue weighted by atomic mass is 10.0. The van der Waals surface area contributed by atoms with Crippen molar-refractivity contribution in [2.45, 2.75) is 50.7 Å². The van der Waals surface area contributed by atoms with Gasteiger partial charge in [-0.25, -0.2) is 0 Å². The van der Waals surface area contributed by atoms with Crippen molar-refractivity contribution in [3.05, 3.63) is 53.9 Å². The molecule has 2 N–H and O–H groups in total. The molecule has 4 rings (SSSR count). The second-order valence-electron chi connectivity index (χ2n) is 8.00. The molecule has 2 saturated heterocycles. The molecule has 1 aromatic carbocycles. The third-order valence-corrected chi connectivity index (χ3v) is 5.96. The van der Waals surface area contributed by atoms with Gasteiger partial charge in [0, 0.05) is 31.9 Å². The zero-order valence-electron chi connectivity index (χ0n) is 16.9. The summed E-state index contributed by atoms with van der Waals surface area (Å²) < 4.78 is 1.95. The third kappa shape index (κ3) is 5.81. The van der Waals surface area contributed by atoms with Crippen LogP contribution in [0.2, 0.25) is 0 Å². The average Bonchev–Trinajstić information content (AvgIpc) is 3.25. The van der Waals surface area contributed by atoms with Crippen LogP contribution in [0.15, 0.2) is 42.6 Å². The lowest BCUT2D eigenvalue weighted by Crippen LogP contribution is -2.46. The molecule has 0 bridgehead atoms. The molecule has 0 spiro atoms. The minimum Gasteiger partial charge on any atom is -0.349 e. The normalized spacial score (nSPS) is 22.6. The largest absolute Gasteiger partial charge is 0.349 e. The molecule has 158 valence electrons. The van der Waals surface area contributed by atoms with Gasteiger partial charge in [-0.2, -0.15) is 5.10 Å². The Kier molecular flexibility index (Phi) is 8.09. The number of piperidine rings is 2. The average molecular weight is 418 g/mol. The van der Waals surface area contributed by atoms with E-state index < -0.39 is 0 Å². The van der Waals surface area contributed by atoms with Crippen LogP contribution >= 0.6 is 12.4 Å². The highest BCUT2D eigenvalue weighted by Gasteiger charge is 2.24. The van der Waals surface area contributed by atoms with E-state index >= 15 is 0 Å². The second kappa shape index (κ2) is 10.8. The van der Waals surface area contributed by atoms with Crippen LogP contribution in [0, 0.1) is 0 Å². The first-order valence-electron chi connectivity index (χ1n) is 10.6. The molecule has 7 heteroatoms. The molecule has 2 atom stereocenters. The van der Waals surface area contributed by atoms with Crippen molar-refractivity contribution in [1.29, 1.82) is 0 Å². The van der Waals surface area contributed by atoms with Crippen molar-refractivity contribution in [2.75, 3.05) is 26.2 Å². The Hall–Kier alpha value is -1.89. The predicted molar refractivity (Wildman–Crippen MR) is 117 cm³/mol. The summed E-state index contributed by atoms with van der Waals surface area (Å²) in [7, 11) is 0. The molecule has 29 heavy (non-hydrogen) atoms. The number of nitrogens with zero attached hydrogens (tertiary/aromatic N) is 3. The van der Waals surface area contributed by atoms with Gasteiger partial charge in [-0.1, -0.05) is 36.8 Å². The fourth-order valence-electron chi connectivity index (χ4n) is 4.34. The van der Waals surface area contributed by atoms with E-state index in [-0.39, 0.29) is 18.3 Å². The molecule has 2 aliphatic rings. The SMILES string of the molecule is Cl.O=C(NCC1CCCCN1Cc1ccccc1)c1ccn(C2CCCNC2)n1. The molecule has 2 fully saturated rings. The van der Waals surface area contributed by atoms with Crippen molar-refractivity contribution >= 4 is 18.3 Å². The Labute approximate surface area is 179 Å². The van der Waals surface area contributed by atoms with E-state index in [0.29, 0.717) is 24.3 Å². The molecule has 0 radical (unpaired) electrons. The molecular weight excluding hydrogens is 386 g/mol. The number of likely N-dealkylation sites (tertiary alicyclic amines) is 1. The topological polar surface area (TPSA) is 62.2 Å². The first-order chi connectivity index (χ1) is 13.8. The maximum Gasteiger partial charge on any atom is 0.271 e. The van der Waals surface area contributed by atoms with Gasteiger partial charge < -0.3 is 10.6 Å². The lowest BCUT2D eigenvalue weighted by molar-refractivity contribution is 0.0901. The van der Waals surface area contributed by atoms with Crippen LogP contribution in [0.1, 0.15) is 54.2 Å². The number of rotatable bonds is 6. The molecule has 2 unspecified atom stereocenters. The maximum atomic E-state index is 12.6. The summed E-state index contributed by atoms with van der Waals surface area (Å²) in [5.41, 5.74) is 1.86. The molecule has 2 aliphatic heterocycles. The van der Waals surface area contributed by atoms with Crippen LogP contribution in [-0.2, 0) is 6.54 Å². The van der Waals surface area contributed by atoms with Gasteiger partial charge in [-0.05, 0) is 50.4 Å². The Morgan fingerprint density at radius 2 is 2.00 bits per heavy atom. The quantitative estimate of drug-likeness (QED) is 0.758. The highest BCUT2D eigenvalue weighted by molar-refractivity contribution is 5.92. The summed E-state index contributed by atoms with van der Waals surface area (Å²) in [5, 5.41) is 11.1. The molecule has 0 aliphatic carbocycles. The van der Waals surface area contributed by atoms with Gasteiger partial charge in [0.1, 0.15) is 5.69 Å². The Balaban J connectivity index is 0.00000240. The number of carbonyl (C=O) groups excluding carboxylic acids is 1. The van der Waals surface area contributed by atoms with Crippen LogP contribution in [-0.4, -0.2) is 52.8 Å². The van der Waals surface area contributed by atoms with Crippen LogP contribution in [0.5, 0.6) is 0 Å². The van der Waals surface area contributed by atoms with Crippen molar-refractivity contribution in [2.24, 2.45) is 0 Å². The van der Waals surface area contributed by atoms with Crippen molar-refractivity contribution < 1.29 is 4.79 Å². The molecular formula is C22H32ClN5O. The summed E-state index contributed by atoms with van der Waals surface area (Å²) in [6.45, 7) is 4.73. The molecule has 6 nitrogen and oxygen atoms in total. The van der Waals surface area contributed by atoms with E-state index in [1.165, 1.54) is 18.4 Å². The Bertz CT molecular complexity index is 760. The first kappa shape index (κ1) is 21.8. The highest BCUT2D eigenvalue weighted by Crippen LogP contribution is 2.20. The van der Waals surface area contributed by atoms with Gasteiger partial charge in [0.25, 0.3) is 5.91 Å². The fourth-order valence-corrected chi connectivity index (χ4v) is 4.34. The number of nitrogens with one attached hydrogen (secondary N) is 2. The third-order valence-electron chi connectivity index (χ3n) is 5.96. The zero-order valence-corrected chi connectivity index (χ0v) is 17.7. The summed E-state index contributed by atoms with van der Waals surface area (Å²) in [6, 6.07) is 13.2. The van der Waals surface area contributed by atoms with Gasteiger partial charge in [0.05, 0.1) is 6.04 Å². The predicted octanol–water partition coefficient (Wildman–Crippen LogP) is 3.01. The number of aromatic nitrogens is 2. The first-order valence-corrected chi connectivity index (χ1v) is 10.6. The minimum absolute atomic E-state index is 0. The van der Waals surface area contributed by atoms with E-state index in [4.69, 9.17) is 0 Å².